The normalized spacial score (nSPS) is 11.4. The highest BCUT2D eigenvalue weighted by Gasteiger charge is 2.25. The Morgan fingerprint density at radius 2 is 2.18 bits per heavy atom. The Hall–Kier alpha value is -2.09. The van der Waals surface area contributed by atoms with Crippen LogP contribution in [-0.2, 0) is 10.0 Å². The van der Waals surface area contributed by atoms with Gasteiger partial charge in [0.25, 0.3) is 10.0 Å². The smallest absolute Gasteiger partial charge is 0.269 e. The molecule has 2 aromatic heterocycles. The maximum Gasteiger partial charge on any atom is 0.269 e. The molecule has 2 heterocycles. The highest BCUT2D eigenvalue weighted by molar-refractivity contribution is 7.93. The molecule has 0 unspecified atom stereocenters. The third kappa shape index (κ3) is 1.94. The van der Waals surface area contributed by atoms with Gasteiger partial charge in [-0.05, 0) is 12.1 Å². The van der Waals surface area contributed by atoms with Crippen LogP contribution >= 0.6 is 0 Å². The van der Waals surface area contributed by atoms with Crippen LogP contribution in [-0.4, -0.2) is 30.6 Å². The lowest BCUT2D eigenvalue weighted by molar-refractivity contribution is 0.595. The highest BCUT2D eigenvalue weighted by atomic mass is 32.2. The van der Waals surface area contributed by atoms with Gasteiger partial charge in [-0.3, -0.25) is 14.4 Å². The summed E-state index contributed by atoms with van der Waals surface area (Å²) in [5.41, 5.74) is 5.95. The van der Waals surface area contributed by atoms with E-state index in [1.165, 1.54) is 19.4 Å². The molecule has 0 atom stereocenters. The molecule has 0 fully saturated rings. The fourth-order valence-electron chi connectivity index (χ4n) is 1.32. The van der Waals surface area contributed by atoms with Crippen LogP contribution in [0.5, 0.6) is 0 Å². The van der Waals surface area contributed by atoms with Crippen molar-refractivity contribution >= 4 is 21.5 Å². The number of nitrogen functional groups attached to an aromatic ring is 1. The van der Waals surface area contributed by atoms with Gasteiger partial charge in [0, 0.05) is 13.2 Å². The molecule has 0 amide bonds. The standard InChI is InChI=1S/C9H11N5O2S/c1-14(7-3-2-4-11-5-7)17(15,16)8-6-12-13-9(8)10/h2-6H,1H3,(H3,10,12,13). The lowest BCUT2D eigenvalue weighted by atomic mass is 10.4. The number of hydrogen-bond donors (Lipinski definition) is 2. The quantitative estimate of drug-likeness (QED) is 0.813. The Morgan fingerprint density at radius 3 is 2.71 bits per heavy atom. The van der Waals surface area contributed by atoms with Crippen molar-refractivity contribution in [3.8, 4) is 0 Å². The first kappa shape index (κ1) is 11.4. The lowest BCUT2D eigenvalue weighted by Crippen LogP contribution is -2.26. The Kier molecular flexibility index (Phi) is 2.72. The first-order chi connectivity index (χ1) is 8.03. The van der Waals surface area contributed by atoms with Gasteiger partial charge in [-0.15, -0.1) is 0 Å². The maximum absolute atomic E-state index is 12.2. The van der Waals surface area contributed by atoms with Crippen molar-refractivity contribution in [2.75, 3.05) is 17.1 Å². The van der Waals surface area contributed by atoms with Crippen LogP contribution in [0.3, 0.4) is 0 Å². The first-order valence-electron chi connectivity index (χ1n) is 4.71. The molecular formula is C9H11N5O2S. The average molecular weight is 253 g/mol. The third-order valence-electron chi connectivity index (χ3n) is 2.28. The minimum absolute atomic E-state index is 0.0146. The van der Waals surface area contributed by atoms with Crippen molar-refractivity contribution < 1.29 is 8.42 Å². The second-order valence-corrected chi connectivity index (χ2v) is 5.27. The van der Waals surface area contributed by atoms with E-state index in [-0.39, 0.29) is 10.7 Å². The summed E-state index contributed by atoms with van der Waals surface area (Å²) in [6, 6.07) is 3.29. The second-order valence-electron chi connectivity index (χ2n) is 3.33. The van der Waals surface area contributed by atoms with Crippen LogP contribution < -0.4 is 10.0 Å². The molecule has 0 aliphatic carbocycles. The fourth-order valence-corrected chi connectivity index (χ4v) is 2.51. The Labute approximate surface area is 98.3 Å². The minimum Gasteiger partial charge on any atom is -0.383 e. The summed E-state index contributed by atoms with van der Waals surface area (Å²) in [4.78, 5) is 3.81. The minimum atomic E-state index is -3.70. The van der Waals surface area contributed by atoms with Crippen molar-refractivity contribution in [2.45, 2.75) is 4.90 Å². The van der Waals surface area contributed by atoms with Crippen molar-refractivity contribution in [3.63, 3.8) is 0 Å². The number of rotatable bonds is 3. The van der Waals surface area contributed by atoms with Gasteiger partial charge in [-0.25, -0.2) is 8.42 Å². The molecule has 0 saturated carbocycles. The summed E-state index contributed by atoms with van der Waals surface area (Å²) in [5.74, 6) is 0.0146. The van der Waals surface area contributed by atoms with E-state index >= 15 is 0 Å². The van der Waals surface area contributed by atoms with Gasteiger partial charge in [0.1, 0.15) is 10.7 Å². The van der Waals surface area contributed by atoms with E-state index in [9.17, 15) is 8.42 Å². The second kappa shape index (κ2) is 4.06. The third-order valence-corrected chi connectivity index (χ3v) is 4.09. The predicted octanol–water partition coefficient (Wildman–Crippen LogP) is 0.212. The number of anilines is 2. The van der Waals surface area contributed by atoms with Gasteiger partial charge in [0.15, 0.2) is 0 Å². The number of aromatic nitrogens is 3. The number of H-pyrrole nitrogens is 1. The molecule has 90 valence electrons. The molecule has 0 aromatic carbocycles. The molecule has 0 aliphatic rings. The summed E-state index contributed by atoms with van der Waals surface area (Å²) in [6.45, 7) is 0. The van der Waals surface area contributed by atoms with E-state index in [1.807, 2.05) is 0 Å². The van der Waals surface area contributed by atoms with Crippen LogP contribution in [0.1, 0.15) is 0 Å². The van der Waals surface area contributed by atoms with Gasteiger partial charge in [0.05, 0.1) is 18.1 Å². The van der Waals surface area contributed by atoms with E-state index in [2.05, 4.69) is 15.2 Å². The largest absolute Gasteiger partial charge is 0.383 e. The van der Waals surface area contributed by atoms with E-state index in [0.29, 0.717) is 5.69 Å². The zero-order chi connectivity index (χ0) is 12.5. The molecule has 0 bridgehead atoms. The van der Waals surface area contributed by atoms with Crippen LogP contribution in [0.25, 0.3) is 0 Å². The number of aromatic amines is 1. The first-order valence-corrected chi connectivity index (χ1v) is 6.15. The van der Waals surface area contributed by atoms with E-state index in [0.717, 1.165) is 4.31 Å². The molecular weight excluding hydrogens is 242 g/mol. The lowest BCUT2D eigenvalue weighted by Gasteiger charge is -2.18. The molecule has 0 aliphatic heterocycles. The molecule has 7 nitrogen and oxygen atoms in total. The average Bonchev–Trinajstić information content (AvgIpc) is 2.76. The number of sulfonamides is 1. The van der Waals surface area contributed by atoms with E-state index in [4.69, 9.17) is 5.73 Å². The zero-order valence-corrected chi connectivity index (χ0v) is 9.85. The topological polar surface area (TPSA) is 105 Å². The van der Waals surface area contributed by atoms with Crippen LogP contribution in [0.15, 0.2) is 35.6 Å². The van der Waals surface area contributed by atoms with Crippen molar-refractivity contribution in [3.05, 3.63) is 30.7 Å². The number of hydrogen-bond acceptors (Lipinski definition) is 5. The summed E-state index contributed by atoms with van der Waals surface area (Å²) in [6.07, 6.45) is 4.20. The highest BCUT2D eigenvalue weighted by Crippen LogP contribution is 2.23. The number of nitrogens with one attached hydrogen (secondary N) is 1. The molecule has 0 saturated heterocycles. The molecule has 2 aromatic rings. The predicted molar refractivity (Wildman–Crippen MR) is 62.8 cm³/mol. The van der Waals surface area contributed by atoms with E-state index < -0.39 is 10.0 Å². The molecule has 2 rings (SSSR count). The summed E-state index contributed by atoms with van der Waals surface area (Å²) in [5, 5.41) is 5.98. The molecule has 17 heavy (non-hydrogen) atoms. The van der Waals surface area contributed by atoms with Crippen LogP contribution in [0.4, 0.5) is 11.5 Å². The summed E-state index contributed by atoms with van der Waals surface area (Å²) in [7, 11) is -2.28. The SMILES string of the molecule is CN(c1cccnc1)S(=O)(=O)c1cn[nH]c1N. The Morgan fingerprint density at radius 1 is 1.41 bits per heavy atom. The van der Waals surface area contributed by atoms with Gasteiger partial charge >= 0.3 is 0 Å². The van der Waals surface area contributed by atoms with Gasteiger partial charge in [-0.2, -0.15) is 5.10 Å². The van der Waals surface area contributed by atoms with Gasteiger partial charge in [-0.1, -0.05) is 0 Å². The summed E-state index contributed by atoms with van der Waals surface area (Å²) >= 11 is 0. The van der Waals surface area contributed by atoms with Gasteiger partial charge in [0.2, 0.25) is 0 Å². The van der Waals surface area contributed by atoms with Crippen molar-refractivity contribution in [2.24, 2.45) is 0 Å². The van der Waals surface area contributed by atoms with Crippen molar-refractivity contribution in [1.29, 1.82) is 0 Å². The number of nitrogens with two attached hydrogens (primary N) is 1. The Balaban J connectivity index is 2.45. The van der Waals surface area contributed by atoms with Gasteiger partial charge < -0.3 is 5.73 Å². The zero-order valence-electron chi connectivity index (χ0n) is 9.03. The van der Waals surface area contributed by atoms with Crippen LogP contribution in [0, 0.1) is 0 Å². The molecule has 8 heteroatoms. The number of nitrogens with zero attached hydrogens (tertiary/aromatic N) is 3. The monoisotopic (exact) mass is 253 g/mol. The maximum atomic E-state index is 12.2. The van der Waals surface area contributed by atoms with Crippen molar-refractivity contribution in [1.82, 2.24) is 15.2 Å². The molecule has 0 radical (unpaired) electrons. The number of pyridine rings is 1. The van der Waals surface area contributed by atoms with E-state index in [1.54, 1.807) is 18.3 Å². The molecule has 0 spiro atoms. The van der Waals surface area contributed by atoms with Crippen LogP contribution in [0.2, 0.25) is 0 Å². The Bertz CT molecular complexity index is 607. The summed E-state index contributed by atoms with van der Waals surface area (Å²) < 4.78 is 25.4. The fraction of sp³-hybridized carbons (Fsp3) is 0.111. The molecule has 3 N–H and O–H groups in total.